The van der Waals surface area contributed by atoms with Crippen molar-refractivity contribution in [1.29, 1.82) is 0 Å². The largest absolute Gasteiger partial charge is 0.271 e. The average Bonchev–Trinajstić information content (AvgIpc) is 3.11. The van der Waals surface area contributed by atoms with Gasteiger partial charge < -0.3 is 0 Å². The summed E-state index contributed by atoms with van der Waals surface area (Å²) >= 11 is 1.28. The van der Waals surface area contributed by atoms with Crippen molar-refractivity contribution in [1.82, 2.24) is 4.57 Å². The zero-order chi connectivity index (χ0) is 20.5. The summed E-state index contributed by atoms with van der Waals surface area (Å²) in [5.74, 6) is -0.311. The lowest BCUT2D eigenvalue weighted by Gasteiger charge is -2.22. The SMILES string of the molecule is O=c1/c(=C\c2ccc(F)cc2)sc2n1C(c1ccccc1)C(c1ccccc1)=NN=2. The van der Waals surface area contributed by atoms with Crippen molar-refractivity contribution in [3.8, 4) is 0 Å². The Morgan fingerprint density at radius 1 is 0.867 bits per heavy atom. The van der Waals surface area contributed by atoms with Crippen LogP contribution in [-0.4, -0.2) is 10.3 Å². The highest BCUT2D eigenvalue weighted by Crippen LogP contribution is 2.23. The maximum atomic E-state index is 13.4. The molecule has 1 aliphatic heterocycles. The van der Waals surface area contributed by atoms with Gasteiger partial charge in [-0.1, -0.05) is 84.1 Å². The Bertz CT molecular complexity index is 1410. The molecule has 0 saturated carbocycles. The highest BCUT2D eigenvalue weighted by molar-refractivity contribution is 7.07. The second kappa shape index (κ2) is 7.65. The van der Waals surface area contributed by atoms with Crippen molar-refractivity contribution in [2.45, 2.75) is 6.04 Å². The number of halogens is 1. The quantitative estimate of drug-likeness (QED) is 0.507. The predicted octanol–water partition coefficient (Wildman–Crippen LogP) is 3.50. The molecule has 1 aromatic heterocycles. The predicted molar refractivity (Wildman–Crippen MR) is 117 cm³/mol. The topological polar surface area (TPSA) is 46.7 Å². The van der Waals surface area contributed by atoms with E-state index in [2.05, 4.69) is 10.2 Å². The molecule has 5 rings (SSSR count). The van der Waals surface area contributed by atoms with E-state index in [1.807, 2.05) is 60.7 Å². The van der Waals surface area contributed by atoms with E-state index in [9.17, 15) is 9.18 Å². The first-order valence-corrected chi connectivity index (χ1v) is 10.3. The van der Waals surface area contributed by atoms with Gasteiger partial charge in [0, 0.05) is 5.56 Å². The molecule has 146 valence electrons. The van der Waals surface area contributed by atoms with E-state index in [1.165, 1.54) is 23.5 Å². The molecule has 0 fully saturated rings. The van der Waals surface area contributed by atoms with Crippen molar-refractivity contribution in [3.05, 3.63) is 127 Å². The van der Waals surface area contributed by atoms with Crippen molar-refractivity contribution in [2.24, 2.45) is 10.2 Å². The molecule has 1 aliphatic rings. The molecule has 30 heavy (non-hydrogen) atoms. The van der Waals surface area contributed by atoms with Crippen molar-refractivity contribution < 1.29 is 4.39 Å². The number of nitrogens with zero attached hydrogens (tertiary/aromatic N) is 3. The first-order valence-electron chi connectivity index (χ1n) is 9.45. The molecule has 0 amide bonds. The van der Waals surface area contributed by atoms with Crippen LogP contribution in [0.4, 0.5) is 4.39 Å². The van der Waals surface area contributed by atoms with Gasteiger partial charge in [-0.05, 0) is 29.3 Å². The number of benzene rings is 3. The molecule has 3 aromatic carbocycles. The van der Waals surface area contributed by atoms with E-state index in [1.54, 1.807) is 22.8 Å². The van der Waals surface area contributed by atoms with E-state index < -0.39 is 0 Å². The molecular weight excluding hydrogens is 397 g/mol. The smallest absolute Gasteiger partial charge is 0.268 e. The van der Waals surface area contributed by atoms with Crippen molar-refractivity contribution >= 4 is 23.1 Å². The summed E-state index contributed by atoms with van der Waals surface area (Å²) in [7, 11) is 0. The minimum absolute atomic E-state index is 0.139. The Morgan fingerprint density at radius 2 is 1.53 bits per heavy atom. The Hall–Kier alpha value is -3.64. The maximum Gasteiger partial charge on any atom is 0.271 e. The average molecular weight is 413 g/mol. The third-order valence-electron chi connectivity index (χ3n) is 4.95. The minimum Gasteiger partial charge on any atom is -0.268 e. The van der Waals surface area contributed by atoms with Crippen LogP contribution >= 0.6 is 11.3 Å². The van der Waals surface area contributed by atoms with Gasteiger partial charge in [-0.2, -0.15) is 0 Å². The Morgan fingerprint density at radius 3 is 2.23 bits per heavy atom. The third-order valence-corrected chi connectivity index (χ3v) is 5.92. The molecule has 0 spiro atoms. The molecule has 0 saturated heterocycles. The van der Waals surface area contributed by atoms with E-state index in [4.69, 9.17) is 0 Å². The zero-order valence-electron chi connectivity index (χ0n) is 15.8. The van der Waals surface area contributed by atoms with Gasteiger partial charge in [-0.15, -0.1) is 10.2 Å². The van der Waals surface area contributed by atoms with Gasteiger partial charge in [-0.25, -0.2) is 4.39 Å². The van der Waals surface area contributed by atoms with E-state index >= 15 is 0 Å². The number of thiazole rings is 1. The van der Waals surface area contributed by atoms with Gasteiger partial charge in [-0.3, -0.25) is 9.36 Å². The fourth-order valence-electron chi connectivity index (χ4n) is 3.54. The number of aromatic nitrogens is 1. The summed E-state index contributed by atoms with van der Waals surface area (Å²) < 4.78 is 15.5. The normalized spacial score (nSPS) is 16.0. The van der Waals surface area contributed by atoms with Gasteiger partial charge in [0.15, 0.2) is 0 Å². The van der Waals surface area contributed by atoms with Gasteiger partial charge in [0.25, 0.3) is 5.56 Å². The zero-order valence-corrected chi connectivity index (χ0v) is 16.6. The molecule has 4 aromatic rings. The minimum atomic E-state index is -0.375. The second-order valence-electron chi connectivity index (χ2n) is 6.88. The fourth-order valence-corrected chi connectivity index (χ4v) is 4.48. The first-order chi connectivity index (χ1) is 14.7. The monoisotopic (exact) mass is 413 g/mol. The molecule has 0 aliphatic carbocycles. The molecule has 1 unspecified atom stereocenters. The van der Waals surface area contributed by atoms with Crippen LogP contribution in [0.1, 0.15) is 22.7 Å². The van der Waals surface area contributed by atoms with E-state index in [0.29, 0.717) is 9.33 Å². The van der Waals surface area contributed by atoms with Crippen LogP contribution in [-0.2, 0) is 0 Å². The Kier molecular flexibility index (Phi) is 4.69. The molecular formula is C24H16FN3OS. The van der Waals surface area contributed by atoms with Gasteiger partial charge in [0.1, 0.15) is 11.9 Å². The molecule has 0 radical (unpaired) electrons. The van der Waals surface area contributed by atoms with E-state index in [-0.39, 0.29) is 17.4 Å². The summed E-state index contributed by atoms with van der Waals surface area (Å²) in [5.41, 5.74) is 3.23. The van der Waals surface area contributed by atoms with Crippen LogP contribution in [0.5, 0.6) is 0 Å². The Balaban J connectivity index is 1.72. The molecule has 0 bridgehead atoms. The lowest BCUT2D eigenvalue weighted by Crippen LogP contribution is -2.40. The van der Waals surface area contributed by atoms with Gasteiger partial charge >= 0.3 is 0 Å². The summed E-state index contributed by atoms with van der Waals surface area (Å²) in [5, 5.41) is 8.85. The number of hydrogen-bond donors (Lipinski definition) is 0. The Labute approximate surface area is 175 Å². The van der Waals surface area contributed by atoms with Crippen LogP contribution in [0.3, 0.4) is 0 Å². The van der Waals surface area contributed by atoms with Crippen LogP contribution < -0.4 is 14.9 Å². The van der Waals surface area contributed by atoms with Crippen LogP contribution in [0.2, 0.25) is 0 Å². The molecule has 0 N–H and O–H groups in total. The lowest BCUT2D eigenvalue weighted by atomic mass is 9.96. The molecule has 1 atom stereocenters. The van der Waals surface area contributed by atoms with Crippen LogP contribution in [0.25, 0.3) is 6.08 Å². The summed E-state index contributed by atoms with van der Waals surface area (Å²) in [4.78, 5) is 13.9. The third kappa shape index (κ3) is 3.31. The van der Waals surface area contributed by atoms with Crippen molar-refractivity contribution in [2.75, 3.05) is 0 Å². The van der Waals surface area contributed by atoms with Crippen LogP contribution in [0.15, 0.2) is 99.9 Å². The fraction of sp³-hybridized carbons (Fsp3) is 0.0417. The summed E-state index contributed by atoms with van der Waals surface area (Å²) in [6, 6.07) is 25.3. The number of rotatable bonds is 3. The van der Waals surface area contributed by atoms with Crippen LogP contribution in [0, 0.1) is 5.82 Å². The molecule has 2 heterocycles. The lowest BCUT2D eigenvalue weighted by molar-refractivity contribution is 0.628. The number of fused-ring (bicyclic) bond motifs is 1. The van der Waals surface area contributed by atoms with Gasteiger partial charge in [0.2, 0.25) is 4.80 Å². The van der Waals surface area contributed by atoms with E-state index in [0.717, 1.165) is 22.4 Å². The highest BCUT2D eigenvalue weighted by Gasteiger charge is 2.28. The molecule has 6 heteroatoms. The number of hydrogen-bond acceptors (Lipinski definition) is 4. The standard InChI is InChI=1S/C24H16FN3OS/c25-19-13-11-16(12-14-19)15-20-23(29)28-22(18-9-5-2-6-10-18)21(26-27-24(28)30-20)17-7-3-1-4-8-17/h1-15,22H/b20-15+. The molecule has 4 nitrogen and oxygen atoms in total. The highest BCUT2D eigenvalue weighted by atomic mass is 32.1. The maximum absolute atomic E-state index is 13.4. The van der Waals surface area contributed by atoms with Crippen molar-refractivity contribution in [3.63, 3.8) is 0 Å². The second-order valence-corrected chi connectivity index (χ2v) is 7.89. The summed E-state index contributed by atoms with van der Waals surface area (Å²) in [6.07, 6.45) is 1.76. The summed E-state index contributed by atoms with van der Waals surface area (Å²) in [6.45, 7) is 0. The van der Waals surface area contributed by atoms with Gasteiger partial charge in [0.05, 0.1) is 10.2 Å². The first kappa shape index (κ1) is 18.4.